The summed E-state index contributed by atoms with van der Waals surface area (Å²) in [6, 6.07) is 25.6. The van der Waals surface area contributed by atoms with Crippen molar-refractivity contribution < 1.29 is 9.59 Å². The number of nitrogens with zero attached hydrogens (tertiary/aromatic N) is 4. The minimum absolute atomic E-state index is 0.0980. The maximum Gasteiger partial charge on any atom is 0.244 e. The lowest BCUT2D eigenvalue weighted by molar-refractivity contribution is -0.131. The smallest absolute Gasteiger partial charge is 0.244 e. The Hall–Kier alpha value is -4.17. The van der Waals surface area contributed by atoms with Crippen molar-refractivity contribution in [2.45, 2.75) is 51.1 Å². The summed E-state index contributed by atoms with van der Waals surface area (Å²) < 4.78 is 2.34. The van der Waals surface area contributed by atoms with Crippen molar-refractivity contribution in [2.24, 2.45) is 11.7 Å². The maximum atomic E-state index is 13.6. The molecule has 43 heavy (non-hydrogen) atoms. The fourth-order valence-corrected chi connectivity index (χ4v) is 6.83. The second-order valence-corrected chi connectivity index (χ2v) is 11.9. The van der Waals surface area contributed by atoms with Crippen molar-refractivity contribution in [1.82, 2.24) is 19.8 Å². The minimum Gasteiger partial charge on any atom is -0.368 e. The van der Waals surface area contributed by atoms with Gasteiger partial charge in [-0.15, -0.1) is 0 Å². The number of imidazole rings is 1. The zero-order chi connectivity index (χ0) is 29.8. The van der Waals surface area contributed by atoms with Gasteiger partial charge >= 0.3 is 0 Å². The largest absolute Gasteiger partial charge is 0.368 e. The summed E-state index contributed by atoms with van der Waals surface area (Å²) in [5.74, 6) is 0.296. The van der Waals surface area contributed by atoms with Gasteiger partial charge in [0.05, 0.1) is 17.6 Å². The van der Waals surface area contributed by atoms with Gasteiger partial charge in [0, 0.05) is 32.1 Å². The Kier molecular flexibility index (Phi) is 8.74. The lowest BCUT2D eigenvalue weighted by Crippen LogP contribution is -2.47. The molecule has 1 saturated carbocycles. The number of rotatable bonds is 9. The Bertz CT molecular complexity index is 1540. The van der Waals surface area contributed by atoms with Gasteiger partial charge in [-0.2, -0.15) is 0 Å². The van der Waals surface area contributed by atoms with Gasteiger partial charge in [0.1, 0.15) is 6.04 Å². The monoisotopic (exact) mass is 578 g/mol. The zero-order valence-corrected chi connectivity index (χ0v) is 25.0. The Morgan fingerprint density at radius 1 is 0.907 bits per heavy atom. The number of aromatic nitrogens is 2. The third-order valence-corrected chi connectivity index (χ3v) is 9.29. The van der Waals surface area contributed by atoms with Gasteiger partial charge < -0.3 is 25.4 Å². The molecule has 3 atom stereocenters. The molecule has 2 aliphatic rings. The summed E-state index contributed by atoms with van der Waals surface area (Å²) in [4.78, 5) is 35.8. The van der Waals surface area contributed by atoms with Crippen LogP contribution in [0.15, 0.2) is 78.9 Å². The van der Waals surface area contributed by atoms with Crippen LogP contribution in [0.3, 0.4) is 0 Å². The molecule has 8 nitrogen and oxygen atoms in total. The number of amides is 2. The highest BCUT2D eigenvalue weighted by Gasteiger charge is 2.34. The molecule has 0 spiro atoms. The summed E-state index contributed by atoms with van der Waals surface area (Å²) >= 11 is 0. The summed E-state index contributed by atoms with van der Waals surface area (Å²) in [5.41, 5.74) is 11.0. The lowest BCUT2D eigenvalue weighted by atomic mass is 9.74. The quantitative estimate of drug-likeness (QED) is 0.296. The van der Waals surface area contributed by atoms with Gasteiger partial charge in [-0.1, -0.05) is 86.5 Å². The predicted octanol–water partition coefficient (Wildman–Crippen LogP) is 4.84. The summed E-state index contributed by atoms with van der Waals surface area (Å²) in [6.45, 7) is 8.09. The second-order valence-electron chi connectivity index (χ2n) is 11.9. The van der Waals surface area contributed by atoms with Gasteiger partial charge in [-0.3, -0.25) is 9.59 Å². The molecule has 0 radical (unpaired) electrons. The highest BCUT2D eigenvalue weighted by Crippen LogP contribution is 2.38. The van der Waals surface area contributed by atoms with Crippen LogP contribution in [-0.2, 0) is 16.1 Å². The molecule has 1 aromatic heterocycles. The number of fused-ring (bicyclic) bond motifs is 1. The molecule has 3 N–H and O–H groups in total. The van der Waals surface area contributed by atoms with E-state index >= 15 is 0 Å². The van der Waals surface area contributed by atoms with Crippen LogP contribution in [0.5, 0.6) is 0 Å². The summed E-state index contributed by atoms with van der Waals surface area (Å²) in [6.07, 6.45) is 3.84. The molecule has 6 rings (SSSR count). The molecular weight excluding hydrogens is 536 g/mol. The van der Waals surface area contributed by atoms with E-state index in [-0.39, 0.29) is 17.7 Å². The van der Waals surface area contributed by atoms with E-state index in [4.69, 9.17) is 10.7 Å². The van der Waals surface area contributed by atoms with Crippen LogP contribution >= 0.6 is 0 Å². The molecule has 3 aromatic carbocycles. The molecule has 1 aliphatic heterocycles. The number of hydrogen-bond donors (Lipinski definition) is 2. The highest BCUT2D eigenvalue weighted by atomic mass is 16.2. The molecule has 1 aliphatic carbocycles. The number of benzene rings is 3. The second kappa shape index (κ2) is 13.0. The van der Waals surface area contributed by atoms with Crippen LogP contribution < -0.4 is 16.0 Å². The lowest BCUT2D eigenvalue weighted by Gasteiger charge is -2.35. The van der Waals surface area contributed by atoms with Crippen molar-refractivity contribution in [3.63, 3.8) is 0 Å². The molecule has 2 fully saturated rings. The number of hydrogen-bond acceptors (Lipinski definition) is 5. The van der Waals surface area contributed by atoms with Gasteiger partial charge in [0.15, 0.2) is 0 Å². The fraction of sp³-hybridized carbons (Fsp3) is 0.400. The van der Waals surface area contributed by atoms with Crippen LogP contribution in [0.25, 0.3) is 11.0 Å². The van der Waals surface area contributed by atoms with Crippen LogP contribution in [0.4, 0.5) is 5.95 Å². The van der Waals surface area contributed by atoms with Gasteiger partial charge in [0.2, 0.25) is 17.8 Å². The molecule has 1 saturated heterocycles. The Morgan fingerprint density at radius 3 is 2.33 bits per heavy atom. The molecular formula is C35H42N6O2. The number of carbonyl (C=O) groups excluding carboxylic acids is 2. The average molecular weight is 579 g/mol. The first-order chi connectivity index (χ1) is 21.0. The molecule has 4 aromatic rings. The zero-order valence-electron chi connectivity index (χ0n) is 25.0. The van der Waals surface area contributed by atoms with Crippen molar-refractivity contribution in [3.8, 4) is 0 Å². The van der Waals surface area contributed by atoms with Gasteiger partial charge in [-0.25, -0.2) is 4.98 Å². The molecule has 2 heterocycles. The molecule has 0 unspecified atom stereocenters. The van der Waals surface area contributed by atoms with E-state index in [0.29, 0.717) is 5.56 Å². The first kappa shape index (κ1) is 28.9. The van der Waals surface area contributed by atoms with E-state index in [0.717, 1.165) is 81.9 Å². The number of likely N-dealkylation sites (N-methyl/N-ethyl adjacent to an activating group) is 1. The van der Waals surface area contributed by atoms with Crippen molar-refractivity contribution in [1.29, 1.82) is 0 Å². The topological polar surface area (TPSA) is 96.5 Å². The number of carbonyl (C=O) groups is 2. The fourth-order valence-electron chi connectivity index (χ4n) is 6.83. The van der Waals surface area contributed by atoms with E-state index in [9.17, 15) is 9.59 Å². The average Bonchev–Trinajstić information content (AvgIpc) is 3.42. The number of piperazine rings is 1. The van der Waals surface area contributed by atoms with Crippen molar-refractivity contribution in [2.75, 3.05) is 37.6 Å². The standard InChI is InChI=1S/C35H42N6O2/c1-2-39-20-22-40(23-21-39)35-37-30-14-8-9-15-31(30)41(35)24-25-16-18-26(19-17-25)28-12-6-7-13-29(28)34(43)38-32(33(36)42)27-10-4-3-5-11-27/h3-5,8-11,14-19,28-29,32H,2,6-7,12-13,20-24H2,1H3,(H2,36,42)(H,38,43)/t28-,29+,32-/m0/s1. The van der Waals surface area contributed by atoms with Gasteiger partial charge in [0.25, 0.3) is 0 Å². The van der Waals surface area contributed by atoms with Crippen LogP contribution in [0.1, 0.15) is 61.3 Å². The molecule has 224 valence electrons. The van der Waals surface area contributed by atoms with Crippen LogP contribution in [0, 0.1) is 5.92 Å². The molecule has 8 heteroatoms. The predicted molar refractivity (Wildman–Crippen MR) is 171 cm³/mol. The first-order valence-electron chi connectivity index (χ1n) is 15.7. The Labute approximate surface area is 253 Å². The number of primary amides is 1. The Morgan fingerprint density at radius 2 is 1.60 bits per heavy atom. The van der Waals surface area contributed by atoms with Crippen LogP contribution in [-0.4, -0.2) is 59.0 Å². The Balaban J connectivity index is 1.20. The van der Waals surface area contributed by atoms with Crippen molar-refractivity contribution in [3.05, 3.63) is 95.6 Å². The normalized spacial score (nSPS) is 20.2. The maximum absolute atomic E-state index is 13.6. The third kappa shape index (κ3) is 6.30. The SMILES string of the molecule is CCN1CCN(c2nc3ccccc3n2Cc2ccc([C@@H]3CCCC[C@H]3C(=O)N[C@H](C(N)=O)c3ccccc3)cc2)CC1. The third-order valence-electron chi connectivity index (χ3n) is 9.29. The van der Waals surface area contributed by atoms with Crippen LogP contribution in [0.2, 0.25) is 0 Å². The molecule has 0 bridgehead atoms. The van der Waals surface area contributed by atoms with Crippen molar-refractivity contribution >= 4 is 28.8 Å². The van der Waals surface area contributed by atoms with E-state index in [2.05, 4.69) is 75.1 Å². The van der Waals surface area contributed by atoms with E-state index in [1.165, 1.54) is 11.1 Å². The van der Waals surface area contributed by atoms with E-state index in [1.54, 1.807) is 0 Å². The first-order valence-corrected chi connectivity index (χ1v) is 15.7. The number of nitrogens with two attached hydrogens (primary N) is 1. The van der Waals surface area contributed by atoms with E-state index < -0.39 is 11.9 Å². The minimum atomic E-state index is -0.831. The summed E-state index contributed by atoms with van der Waals surface area (Å²) in [7, 11) is 0. The molecule has 2 amide bonds. The van der Waals surface area contributed by atoms with E-state index in [1.807, 2.05) is 30.3 Å². The number of nitrogens with one attached hydrogen (secondary N) is 1. The summed E-state index contributed by atoms with van der Waals surface area (Å²) in [5, 5.41) is 2.97. The number of para-hydroxylation sites is 2. The van der Waals surface area contributed by atoms with Gasteiger partial charge in [-0.05, 0) is 54.1 Å². The number of anilines is 1. The highest BCUT2D eigenvalue weighted by molar-refractivity contribution is 5.89.